The van der Waals surface area contributed by atoms with Crippen molar-refractivity contribution < 1.29 is 14.3 Å². The Labute approximate surface area is 140 Å². The molecule has 2 aliphatic rings. The number of piperidine rings is 1. The van der Waals surface area contributed by atoms with E-state index < -0.39 is 5.60 Å². The third kappa shape index (κ3) is 4.18. The lowest BCUT2D eigenvalue weighted by molar-refractivity contribution is -0.138. The molecule has 0 spiro atoms. The standard InChI is InChI=1S/C18H32N2O3/c1-17(2,3)23-16(22)20-12-10-18(11-13-20,15(21)19-4)14-8-6-5-7-9-14/h14H,5-13H2,1-4H3,(H,19,21). The Morgan fingerprint density at radius 1 is 1.09 bits per heavy atom. The van der Waals surface area contributed by atoms with Gasteiger partial charge in [-0.2, -0.15) is 0 Å². The van der Waals surface area contributed by atoms with Gasteiger partial charge in [0.2, 0.25) is 5.91 Å². The van der Waals surface area contributed by atoms with E-state index in [2.05, 4.69) is 5.32 Å². The first-order valence-corrected chi connectivity index (χ1v) is 8.98. The first kappa shape index (κ1) is 18.1. The zero-order chi connectivity index (χ0) is 17.1. The number of carbonyl (C=O) groups is 2. The number of nitrogens with zero attached hydrogens (tertiary/aromatic N) is 1. The molecule has 1 saturated heterocycles. The van der Waals surface area contributed by atoms with Gasteiger partial charge in [-0.15, -0.1) is 0 Å². The van der Waals surface area contributed by atoms with E-state index in [1.807, 2.05) is 20.8 Å². The molecule has 2 amide bonds. The molecule has 2 fully saturated rings. The summed E-state index contributed by atoms with van der Waals surface area (Å²) in [6, 6.07) is 0. The van der Waals surface area contributed by atoms with Crippen molar-refractivity contribution in [2.45, 2.75) is 71.3 Å². The third-order valence-electron chi connectivity index (χ3n) is 5.37. The van der Waals surface area contributed by atoms with Crippen LogP contribution in [0.15, 0.2) is 0 Å². The lowest BCUT2D eigenvalue weighted by atomic mass is 9.63. The van der Waals surface area contributed by atoms with E-state index >= 15 is 0 Å². The highest BCUT2D eigenvalue weighted by Gasteiger charge is 2.47. The molecule has 0 atom stereocenters. The van der Waals surface area contributed by atoms with Crippen LogP contribution in [0.2, 0.25) is 0 Å². The van der Waals surface area contributed by atoms with Gasteiger partial charge >= 0.3 is 6.09 Å². The van der Waals surface area contributed by atoms with Gasteiger partial charge < -0.3 is 15.0 Å². The maximum absolute atomic E-state index is 12.6. The van der Waals surface area contributed by atoms with Crippen molar-refractivity contribution in [3.63, 3.8) is 0 Å². The van der Waals surface area contributed by atoms with Crippen molar-refractivity contribution >= 4 is 12.0 Å². The highest BCUT2D eigenvalue weighted by Crippen LogP contribution is 2.46. The van der Waals surface area contributed by atoms with Crippen molar-refractivity contribution in [2.24, 2.45) is 11.3 Å². The molecule has 1 saturated carbocycles. The Hall–Kier alpha value is -1.26. The summed E-state index contributed by atoms with van der Waals surface area (Å²) in [4.78, 5) is 26.7. The van der Waals surface area contributed by atoms with E-state index in [9.17, 15) is 9.59 Å². The van der Waals surface area contributed by atoms with E-state index in [4.69, 9.17) is 4.74 Å². The molecule has 0 aromatic heterocycles. The molecule has 0 radical (unpaired) electrons. The fraction of sp³-hybridized carbons (Fsp3) is 0.889. The molecule has 0 unspecified atom stereocenters. The lowest BCUT2D eigenvalue weighted by Crippen LogP contribution is -2.53. The Bertz CT molecular complexity index is 428. The lowest BCUT2D eigenvalue weighted by Gasteiger charge is -2.46. The Morgan fingerprint density at radius 2 is 1.65 bits per heavy atom. The van der Waals surface area contributed by atoms with Crippen molar-refractivity contribution in [3.05, 3.63) is 0 Å². The number of hydrogen-bond donors (Lipinski definition) is 1. The first-order chi connectivity index (χ1) is 10.8. The van der Waals surface area contributed by atoms with Crippen LogP contribution >= 0.6 is 0 Å². The van der Waals surface area contributed by atoms with Crippen LogP contribution in [0.4, 0.5) is 4.79 Å². The van der Waals surface area contributed by atoms with Crippen LogP contribution in [0.5, 0.6) is 0 Å². The summed E-state index contributed by atoms with van der Waals surface area (Å²) in [5.41, 5.74) is -0.774. The topological polar surface area (TPSA) is 58.6 Å². The predicted octanol–water partition coefficient (Wildman–Crippen LogP) is 3.33. The Kier molecular flexibility index (Phi) is 5.58. The van der Waals surface area contributed by atoms with Gasteiger partial charge in [-0.25, -0.2) is 4.79 Å². The molecule has 0 aromatic carbocycles. The quantitative estimate of drug-likeness (QED) is 0.847. The smallest absolute Gasteiger partial charge is 0.410 e. The van der Waals surface area contributed by atoms with Crippen LogP contribution in [0.1, 0.15) is 65.7 Å². The average Bonchev–Trinajstić information content (AvgIpc) is 2.53. The molecule has 5 nitrogen and oxygen atoms in total. The van der Waals surface area contributed by atoms with E-state index in [1.54, 1.807) is 11.9 Å². The molecule has 5 heteroatoms. The molecule has 1 heterocycles. The molecular formula is C18H32N2O3. The molecule has 0 bridgehead atoms. The maximum atomic E-state index is 12.6. The summed E-state index contributed by atoms with van der Waals surface area (Å²) >= 11 is 0. The predicted molar refractivity (Wildman–Crippen MR) is 90.1 cm³/mol. The van der Waals surface area contributed by atoms with Crippen LogP contribution < -0.4 is 5.32 Å². The molecule has 2 rings (SSSR count). The highest BCUT2D eigenvalue weighted by atomic mass is 16.6. The molecule has 1 aliphatic carbocycles. The fourth-order valence-corrected chi connectivity index (χ4v) is 4.14. The highest BCUT2D eigenvalue weighted by molar-refractivity contribution is 5.83. The van der Waals surface area contributed by atoms with Crippen molar-refractivity contribution in [3.8, 4) is 0 Å². The molecular weight excluding hydrogens is 292 g/mol. The van der Waals surface area contributed by atoms with Crippen LogP contribution in [-0.4, -0.2) is 42.6 Å². The number of likely N-dealkylation sites (tertiary alicyclic amines) is 1. The monoisotopic (exact) mass is 324 g/mol. The van der Waals surface area contributed by atoms with Gasteiger partial charge in [-0.3, -0.25) is 4.79 Å². The summed E-state index contributed by atoms with van der Waals surface area (Å²) < 4.78 is 5.46. The summed E-state index contributed by atoms with van der Waals surface area (Å²) in [5.74, 6) is 0.616. The summed E-state index contributed by atoms with van der Waals surface area (Å²) in [6.45, 7) is 6.86. The van der Waals surface area contributed by atoms with Crippen LogP contribution in [-0.2, 0) is 9.53 Å². The number of rotatable bonds is 2. The molecule has 1 aliphatic heterocycles. The van der Waals surface area contributed by atoms with Crippen LogP contribution in [0.3, 0.4) is 0 Å². The summed E-state index contributed by atoms with van der Waals surface area (Å²) in [6.07, 6.45) is 7.24. The zero-order valence-corrected chi connectivity index (χ0v) is 15.1. The second-order valence-electron chi connectivity index (χ2n) is 8.04. The number of nitrogens with one attached hydrogen (secondary N) is 1. The Balaban J connectivity index is 2.04. The maximum Gasteiger partial charge on any atom is 0.410 e. The SMILES string of the molecule is CNC(=O)C1(C2CCCCC2)CCN(C(=O)OC(C)(C)C)CC1. The second-order valence-corrected chi connectivity index (χ2v) is 8.04. The number of hydrogen-bond acceptors (Lipinski definition) is 3. The van der Waals surface area contributed by atoms with Crippen LogP contribution in [0, 0.1) is 11.3 Å². The second kappa shape index (κ2) is 7.10. The van der Waals surface area contributed by atoms with E-state index in [0.717, 1.165) is 25.7 Å². The minimum absolute atomic E-state index is 0.160. The molecule has 23 heavy (non-hydrogen) atoms. The van der Waals surface area contributed by atoms with Gasteiger partial charge in [0.05, 0.1) is 5.41 Å². The average molecular weight is 324 g/mol. The van der Waals surface area contributed by atoms with Gasteiger partial charge in [-0.1, -0.05) is 19.3 Å². The summed E-state index contributed by atoms with van der Waals surface area (Å²) in [5, 5.41) is 2.88. The number of carbonyl (C=O) groups excluding carboxylic acids is 2. The minimum Gasteiger partial charge on any atom is -0.444 e. The van der Waals surface area contributed by atoms with Crippen molar-refractivity contribution in [1.82, 2.24) is 10.2 Å². The third-order valence-corrected chi connectivity index (χ3v) is 5.37. The normalized spacial score (nSPS) is 22.5. The van der Waals surface area contributed by atoms with E-state index in [1.165, 1.54) is 19.3 Å². The van der Waals surface area contributed by atoms with Gasteiger partial charge in [0, 0.05) is 20.1 Å². The summed E-state index contributed by atoms with van der Waals surface area (Å²) in [7, 11) is 1.73. The van der Waals surface area contributed by atoms with Crippen molar-refractivity contribution in [2.75, 3.05) is 20.1 Å². The van der Waals surface area contributed by atoms with Crippen molar-refractivity contribution in [1.29, 1.82) is 0 Å². The van der Waals surface area contributed by atoms with Gasteiger partial charge in [0.15, 0.2) is 0 Å². The van der Waals surface area contributed by atoms with Gasteiger partial charge in [0.1, 0.15) is 5.60 Å². The number of amides is 2. The van der Waals surface area contributed by atoms with E-state index in [-0.39, 0.29) is 17.4 Å². The zero-order valence-electron chi connectivity index (χ0n) is 15.1. The molecule has 0 aromatic rings. The van der Waals surface area contributed by atoms with Gasteiger partial charge in [-0.05, 0) is 52.4 Å². The number of ether oxygens (including phenoxy) is 1. The van der Waals surface area contributed by atoms with Gasteiger partial charge in [0.25, 0.3) is 0 Å². The fourth-order valence-electron chi connectivity index (χ4n) is 4.14. The largest absolute Gasteiger partial charge is 0.444 e. The minimum atomic E-state index is -0.476. The Morgan fingerprint density at radius 3 is 2.13 bits per heavy atom. The first-order valence-electron chi connectivity index (χ1n) is 8.98. The van der Waals surface area contributed by atoms with E-state index in [0.29, 0.717) is 19.0 Å². The van der Waals surface area contributed by atoms with Crippen LogP contribution in [0.25, 0.3) is 0 Å². The molecule has 132 valence electrons. The molecule has 1 N–H and O–H groups in total.